The first kappa shape index (κ1) is 10.7. The third kappa shape index (κ3) is 3.46. The minimum atomic E-state index is -0.0701. The molecule has 1 aromatic rings. The average molecular weight is 263 g/mol. The molecule has 5 heteroatoms. The Balaban J connectivity index is 2.49. The van der Waals surface area contributed by atoms with Gasteiger partial charge in [-0.15, -0.1) is 11.3 Å². The predicted octanol–water partition coefficient (Wildman–Crippen LogP) is 1.59. The molecule has 1 unspecified atom stereocenters. The van der Waals surface area contributed by atoms with Crippen LogP contribution < -0.4 is 11.1 Å². The number of halogens is 1. The van der Waals surface area contributed by atoms with Gasteiger partial charge in [0.2, 0.25) is 0 Å². The molecule has 1 amide bonds. The Kier molecular flexibility index (Phi) is 3.90. The summed E-state index contributed by atoms with van der Waals surface area (Å²) >= 11 is 4.79. The Morgan fingerprint density at radius 3 is 3.00 bits per heavy atom. The zero-order valence-electron chi connectivity index (χ0n) is 7.21. The number of thiophene rings is 1. The summed E-state index contributed by atoms with van der Waals surface area (Å²) in [5, 5.41) is 4.54. The number of hydrogen-bond donors (Lipinski definition) is 2. The van der Waals surface area contributed by atoms with E-state index in [1.54, 1.807) is 11.4 Å². The van der Waals surface area contributed by atoms with Crippen LogP contribution in [0, 0.1) is 0 Å². The molecule has 0 saturated carbocycles. The molecule has 3 N–H and O–H groups in total. The molecular formula is C8H11BrN2OS. The van der Waals surface area contributed by atoms with E-state index in [0.717, 1.165) is 3.79 Å². The summed E-state index contributed by atoms with van der Waals surface area (Å²) in [5.41, 5.74) is 6.18. The van der Waals surface area contributed by atoms with Crippen molar-refractivity contribution < 1.29 is 4.79 Å². The highest BCUT2D eigenvalue weighted by Crippen LogP contribution is 2.20. The molecule has 1 aromatic heterocycles. The minimum absolute atomic E-state index is 0.00831. The monoisotopic (exact) mass is 262 g/mol. The molecule has 1 atom stereocenters. The second-order valence-electron chi connectivity index (χ2n) is 2.83. The molecule has 72 valence electrons. The van der Waals surface area contributed by atoms with Crippen LogP contribution in [-0.2, 0) is 0 Å². The summed E-state index contributed by atoms with van der Waals surface area (Å²) in [6.07, 6.45) is 0. The zero-order chi connectivity index (χ0) is 9.84. The van der Waals surface area contributed by atoms with Gasteiger partial charge in [-0.2, -0.15) is 0 Å². The van der Waals surface area contributed by atoms with Crippen LogP contribution in [0.3, 0.4) is 0 Å². The van der Waals surface area contributed by atoms with Gasteiger partial charge in [0, 0.05) is 18.0 Å². The summed E-state index contributed by atoms with van der Waals surface area (Å²) in [7, 11) is 0. The summed E-state index contributed by atoms with van der Waals surface area (Å²) < 4.78 is 0.957. The van der Waals surface area contributed by atoms with Crippen molar-refractivity contribution in [3.63, 3.8) is 0 Å². The van der Waals surface area contributed by atoms with E-state index in [1.165, 1.54) is 11.3 Å². The summed E-state index contributed by atoms with van der Waals surface area (Å²) in [6, 6.07) is 1.78. The number of carbonyl (C=O) groups excluding carboxylic acids is 1. The lowest BCUT2D eigenvalue weighted by Gasteiger charge is -2.05. The van der Waals surface area contributed by atoms with Crippen molar-refractivity contribution >= 4 is 33.2 Å². The maximum absolute atomic E-state index is 11.4. The molecule has 0 aromatic carbocycles. The SMILES string of the molecule is CC(N)CNC(=O)c1csc(Br)c1. The van der Waals surface area contributed by atoms with E-state index in [0.29, 0.717) is 12.1 Å². The number of carbonyl (C=O) groups is 1. The van der Waals surface area contributed by atoms with E-state index >= 15 is 0 Å². The topological polar surface area (TPSA) is 55.1 Å². The van der Waals surface area contributed by atoms with Gasteiger partial charge in [-0.1, -0.05) is 0 Å². The third-order valence-corrected chi connectivity index (χ3v) is 2.92. The van der Waals surface area contributed by atoms with Crippen molar-refractivity contribution in [2.24, 2.45) is 5.73 Å². The van der Waals surface area contributed by atoms with Crippen LogP contribution in [0.5, 0.6) is 0 Å². The Bertz CT molecular complexity index is 298. The second-order valence-corrected chi connectivity index (χ2v) is 5.12. The number of hydrogen-bond acceptors (Lipinski definition) is 3. The minimum Gasteiger partial charge on any atom is -0.350 e. The summed E-state index contributed by atoms with van der Waals surface area (Å²) in [5.74, 6) is -0.0701. The standard InChI is InChI=1S/C8H11BrN2OS/c1-5(10)3-11-8(12)6-2-7(9)13-4-6/h2,4-5H,3,10H2,1H3,(H,11,12). The van der Waals surface area contributed by atoms with Gasteiger partial charge < -0.3 is 11.1 Å². The molecule has 0 aliphatic rings. The molecule has 13 heavy (non-hydrogen) atoms. The smallest absolute Gasteiger partial charge is 0.252 e. The van der Waals surface area contributed by atoms with E-state index in [2.05, 4.69) is 21.2 Å². The Morgan fingerprint density at radius 2 is 2.54 bits per heavy atom. The number of amides is 1. The van der Waals surface area contributed by atoms with Gasteiger partial charge in [0.05, 0.1) is 9.35 Å². The molecule has 1 rings (SSSR count). The molecule has 0 radical (unpaired) electrons. The van der Waals surface area contributed by atoms with Crippen LogP contribution in [-0.4, -0.2) is 18.5 Å². The first-order valence-electron chi connectivity index (χ1n) is 3.87. The largest absolute Gasteiger partial charge is 0.350 e. The lowest BCUT2D eigenvalue weighted by atomic mass is 10.3. The van der Waals surface area contributed by atoms with Crippen LogP contribution in [0.25, 0.3) is 0 Å². The van der Waals surface area contributed by atoms with Crippen LogP contribution in [0.1, 0.15) is 17.3 Å². The number of rotatable bonds is 3. The van der Waals surface area contributed by atoms with Gasteiger partial charge in [0.25, 0.3) is 5.91 Å². The van der Waals surface area contributed by atoms with E-state index in [-0.39, 0.29) is 11.9 Å². The highest BCUT2D eigenvalue weighted by molar-refractivity contribution is 9.11. The van der Waals surface area contributed by atoms with Crippen molar-refractivity contribution in [3.05, 3.63) is 20.8 Å². The second kappa shape index (κ2) is 4.74. The highest BCUT2D eigenvalue weighted by atomic mass is 79.9. The first-order chi connectivity index (χ1) is 6.09. The molecule has 0 aliphatic heterocycles. The van der Waals surface area contributed by atoms with Gasteiger partial charge >= 0.3 is 0 Å². The van der Waals surface area contributed by atoms with Crippen molar-refractivity contribution in [1.29, 1.82) is 0 Å². The fourth-order valence-electron chi connectivity index (χ4n) is 0.785. The lowest BCUT2D eigenvalue weighted by Crippen LogP contribution is -2.34. The van der Waals surface area contributed by atoms with Crippen LogP contribution in [0.2, 0.25) is 0 Å². The zero-order valence-corrected chi connectivity index (χ0v) is 9.61. The highest BCUT2D eigenvalue weighted by Gasteiger charge is 2.07. The van der Waals surface area contributed by atoms with Gasteiger partial charge in [0.1, 0.15) is 0 Å². The molecule has 0 aliphatic carbocycles. The summed E-state index contributed by atoms with van der Waals surface area (Å²) in [4.78, 5) is 11.4. The first-order valence-corrected chi connectivity index (χ1v) is 5.54. The van der Waals surface area contributed by atoms with Crippen molar-refractivity contribution in [1.82, 2.24) is 5.32 Å². The van der Waals surface area contributed by atoms with Gasteiger partial charge in [-0.05, 0) is 28.9 Å². The van der Waals surface area contributed by atoms with Gasteiger partial charge in [-0.25, -0.2) is 0 Å². The van der Waals surface area contributed by atoms with Gasteiger partial charge in [0.15, 0.2) is 0 Å². The normalized spacial score (nSPS) is 12.5. The maximum atomic E-state index is 11.4. The Labute approximate surface area is 89.5 Å². The molecule has 3 nitrogen and oxygen atoms in total. The lowest BCUT2D eigenvalue weighted by molar-refractivity contribution is 0.0952. The molecule has 0 bridgehead atoms. The quantitative estimate of drug-likeness (QED) is 0.870. The van der Waals surface area contributed by atoms with Crippen molar-refractivity contribution in [2.45, 2.75) is 13.0 Å². The number of nitrogens with one attached hydrogen (secondary N) is 1. The van der Waals surface area contributed by atoms with E-state index in [9.17, 15) is 4.79 Å². The van der Waals surface area contributed by atoms with E-state index in [1.807, 2.05) is 6.92 Å². The molecular weight excluding hydrogens is 252 g/mol. The predicted molar refractivity (Wildman–Crippen MR) is 58.0 cm³/mol. The maximum Gasteiger partial charge on any atom is 0.252 e. The Morgan fingerprint density at radius 1 is 1.85 bits per heavy atom. The van der Waals surface area contributed by atoms with Crippen LogP contribution in [0.4, 0.5) is 0 Å². The van der Waals surface area contributed by atoms with E-state index in [4.69, 9.17) is 5.73 Å². The molecule has 0 saturated heterocycles. The molecule has 0 spiro atoms. The molecule has 1 heterocycles. The van der Waals surface area contributed by atoms with Gasteiger partial charge in [-0.3, -0.25) is 4.79 Å². The van der Waals surface area contributed by atoms with Crippen molar-refractivity contribution in [2.75, 3.05) is 6.54 Å². The fourth-order valence-corrected chi connectivity index (χ4v) is 1.92. The summed E-state index contributed by atoms with van der Waals surface area (Å²) in [6.45, 7) is 2.36. The Hall–Kier alpha value is -0.390. The van der Waals surface area contributed by atoms with Crippen LogP contribution in [0.15, 0.2) is 15.2 Å². The average Bonchev–Trinajstić information content (AvgIpc) is 2.47. The third-order valence-electron chi connectivity index (χ3n) is 1.41. The van der Waals surface area contributed by atoms with Crippen LogP contribution >= 0.6 is 27.3 Å². The number of nitrogens with two attached hydrogens (primary N) is 1. The molecule has 0 fully saturated rings. The van der Waals surface area contributed by atoms with E-state index < -0.39 is 0 Å². The fraction of sp³-hybridized carbons (Fsp3) is 0.375. The van der Waals surface area contributed by atoms with Crippen molar-refractivity contribution in [3.8, 4) is 0 Å².